The zero-order valence-corrected chi connectivity index (χ0v) is 9.62. The average Bonchev–Trinajstić information content (AvgIpc) is 2.16. The van der Waals surface area contributed by atoms with Crippen molar-refractivity contribution in [2.75, 3.05) is 10.6 Å². The number of thiol groups is 1. The third-order valence-corrected chi connectivity index (χ3v) is 2.51. The van der Waals surface area contributed by atoms with E-state index in [0.29, 0.717) is 10.7 Å². The largest absolute Gasteiger partial charge is 0.341 e. The number of carbonyl (C=O) groups is 1. The fraction of sp³-hybridized carbons (Fsp3) is 0.200. The van der Waals surface area contributed by atoms with Gasteiger partial charge in [0.2, 0.25) is 5.91 Å². The molecule has 1 amide bonds. The third kappa shape index (κ3) is 2.30. The Hall–Kier alpha value is -1.07. The molecule has 1 aliphatic heterocycles. The number of rotatable bonds is 1. The number of hydrogen-bond donors (Lipinski definition) is 3. The van der Waals surface area contributed by atoms with Crippen LogP contribution in [0, 0.1) is 0 Å². The number of hydrogen-bond acceptors (Lipinski definition) is 2. The van der Waals surface area contributed by atoms with Gasteiger partial charge >= 0.3 is 0 Å². The fourth-order valence-electron chi connectivity index (χ4n) is 1.66. The van der Waals surface area contributed by atoms with Gasteiger partial charge in [-0.1, -0.05) is 18.3 Å². The Balaban J connectivity index is 2.37. The van der Waals surface area contributed by atoms with Crippen molar-refractivity contribution < 1.29 is 4.79 Å². The number of fused-ring (bicyclic) bond motifs is 1. The first kappa shape index (κ1) is 10.4. The van der Waals surface area contributed by atoms with Gasteiger partial charge in [-0.05, 0) is 24.1 Å². The lowest BCUT2D eigenvalue weighted by Gasteiger charge is -2.20. The first-order chi connectivity index (χ1) is 7.16. The highest BCUT2D eigenvalue weighted by Gasteiger charge is 2.17. The van der Waals surface area contributed by atoms with Crippen LogP contribution >= 0.6 is 24.8 Å². The average molecular weight is 238 g/mol. The molecule has 1 aromatic rings. The monoisotopic (exact) mass is 238 g/mol. The van der Waals surface area contributed by atoms with Crippen LogP contribution in [0.1, 0.15) is 12.0 Å². The van der Waals surface area contributed by atoms with Crippen LogP contribution in [-0.4, -0.2) is 10.2 Å². The highest BCUT2D eigenvalue weighted by molar-refractivity contribution is 8.11. The Kier molecular flexibility index (Phi) is 2.93. The molecule has 5 heteroatoms. The summed E-state index contributed by atoms with van der Waals surface area (Å²) in [6, 6.07) is 5.69. The van der Waals surface area contributed by atoms with Gasteiger partial charge in [-0.25, -0.2) is 0 Å². The molecule has 0 unspecified atom stereocenters. The predicted molar refractivity (Wildman–Crippen MR) is 68.6 cm³/mol. The van der Waals surface area contributed by atoms with Gasteiger partial charge in [0.15, 0.2) is 0 Å². The van der Waals surface area contributed by atoms with Crippen LogP contribution in [0.2, 0.25) is 0 Å². The molecule has 2 rings (SSSR count). The Morgan fingerprint density at radius 3 is 3.00 bits per heavy atom. The van der Waals surface area contributed by atoms with Crippen molar-refractivity contribution in [1.82, 2.24) is 0 Å². The lowest BCUT2D eigenvalue weighted by molar-refractivity contribution is -0.116. The van der Waals surface area contributed by atoms with Crippen LogP contribution in [0.3, 0.4) is 0 Å². The SMILES string of the molecule is O=C1CCc2c(cccc2NC(=S)S)N1. The van der Waals surface area contributed by atoms with Crippen molar-refractivity contribution in [3.8, 4) is 0 Å². The van der Waals surface area contributed by atoms with Gasteiger partial charge in [0.25, 0.3) is 0 Å². The van der Waals surface area contributed by atoms with E-state index in [0.717, 1.165) is 23.4 Å². The second kappa shape index (κ2) is 4.20. The molecule has 3 nitrogen and oxygen atoms in total. The zero-order valence-electron chi connectivity index (χ0n) is 7.91. The maximum absolute atomic E-state index is 11.2. The summed E-state index contributed by atoms with van der Waals surface area (Å²) in [7, 11) is 0. The van der Waals surface area contributed by atoms with Gasteiger partial charge in [-0.3, -0.25) is 4.79 Å². The minimum Gasteiger partial charge on any atom is -0.341 e. The molecule has 0 aromatic heterocycles. The number of amides is 1. The van der Waals surface area contributed by atoms with Gasteiger partial charge in [0.1, 0.15) is 4.32 Å². The molecule has 0 fully saturated rings. The Morgan fingerprint density at radius 2 is 2.27 bits per heavy atom. The van der Waals surface area contributed by atoms with E-state index in [9.17, 15) is 4.79 Å². The third-order valence-electron chi connectivity index (χ3n) is 2.29. The van der Waals surface area contributed by atoms with Crippen molar-refractivity contribution in [2.24, 2.45) is 0 Å². The van der Waals surface area contributed by atoms with E-state index in [4.69, 9.17) is 12.2 Å². The van der Waals surface area contributed by atoms with Gasteiger partial charge in [0.05, 0.1) is 0 Å². The summed E-state index contributed by atoms with van der Waals surface area (Å²) in [5, 5.41) is 5.82. The second-order valence-corrected chi connectivity index (χ2v) is 4.47. The van der Waals surface area contributed by atoms with E-state index in [1.807, 2.05) is 18.2 Å². The summed E-state index contributed by atoms with van der Waals surface area (Å²) < 4.78 is 0.431. The highest BCUT2D eigenvalue weighted by Crippen LogP contribution is 2.29. The number of nitrogens with one attached hydrogen (secondary N) is 2. The minimum atomic E-state index is 0.0631. The molecule has 0 atom stereocenters. The van der Waals surface area contributed by atoms with E-state index in [2.05, 4.69) is 23.3 Å². The van der Waals surface area contributed by atoms with Crippen LogP contribution in [0.25, 0.3) is 0 Å². The fourth-order valence-corrected chi connectivity index (χ4v) is 1.89. The maximum Gasteiger partial charge on any atom is 0.224 e. The van der Waals surface area contributed by atoms with Crippen molar-refractivity contribution in [1.29, 1.82) is 0 Å². The Labute approximate surface area is 98.7 Å². The molecular weight excluding hydrogens is 228 g/mol. The van der Waals surface area contributed by atoms with E-state index in [-0.39, 0.29) is 5.91 Å². The van der Waals surface area contributed by atoms with Gasteiger partial charge in [-0.15, -0.1) is 12.6 Å². The minimum absolute atomic E-state index is 0.0631. The van der Waals surface area contributed by atoms with Crippen LogP contribution in [0.4, 0.5) is 11.4 Å². The molecule has 0 saturated heterocycles. The molecule has 0 radical (unpaired) electrons. The molecule has 1 heterocycles. The first-order valence-corrected chi connectivity index (χ1v) is 5.44. The summed E-state index contributed by atoms with van der Waals surface area (Å²) in [6.07, 6.45) is 1.26. The highest BCUT2D eigenvalue weighted by atomic mass is 32.1. The summed E-state index contributed by atoms with van der Waals surface area (Å²) >= 11 is 8.90. The molecule has 0 bridgehead atoms. The molecule has 1 aromatic carbocycles. The van der Waals surface area contributed by atoms with Crippen LogP contribution in [0.15, 0.2) is 18.2 Å². The van der Waals surface area contributed by atoms with E-state index in [1.165, 1.54) is 0 Å². The Morgan fingerprint density at radius 1 is 1.47 bits per heavy atom. The summed E-state index contributed by atoms with van der Waals surface area (Å²) in [5.74, 6) is 0.0631. The normalized spacial score (nSPS) is 14.1. The van der Waals surface area contributed by atoms with Crippen molar-refractivity contribution in [3.05, 3.63) is 23.8 Å². The molecule has 78 valence electrons. The molecule has 0 spiro atoms. The van der Waals surface area contributed by atoms with Crippen molar-refractivity contribution in [2.45, 2.75) is 12.8 Å². The zero-order chi connectivity index (χ0) is 10.8. The maximum atomic E-state index is 11.2. The van der Waals surface area contributed by atoms with Gasteiger partial charge < -0.3 is 10.6 Å². The first-order valence-electron chi connectivity index (χ1n) is 4.58. The number of benzene rings is 1. The van der Waals surface area contributed by atoms with E-state index < -0.39 is 0 Å². The topological polar surface area (TPSA) is 41.1 Å². The number of thiocarbonyl (C=S) groups is 1. The molecule has 0 saturated carbocycles. The predicted octanol–water partition coefficient (Wildman–Crippen LogP) is 2.20. The lowest BCUT2D eigenvalue weighted by Crippen LogP contribution is -2.20. The molecular formula is C10H10N2OS2. The van der Waals surface area contributed by atoms with Crippen molar-refractivity contribution >= 4 is 46.4 Å². The standard InChI is InChI=1S/C10H10N2OS2/c13-9-5-4-6-7(11-9)2-1-3-8(6)12-10(14)15/h1-3H,4-5H2,(H,11,13)(H2,12,14,15). The summed E-state index contributed by atoms with van der Waals surface area (Å²) in [6.45, 7) is 0. The van der Waals surface area contributed by atoms with Crippen LogP contribution in [0.5, 0.6) is 0 Å². The Bertz CT molecular complexity index is 431. The summed E-state index contributed by atoms with van der Waals surface area (Å²) in [4.78, 5) is 11.2. The smallest absolute Gasteiger partial charge is 0.224 e. The molecule has 15 heavy (non-hydrogen) atoms. The number of carbonyl (C=O) groups excluding carboxylic acids is 1. The van der Waals surface area contributed by atoms with E-state index in [1.54, 1.807) is 0 Å². The molecule has 2 N–H and O–H groups in total. The second-order valence-electron chi connectivity index (χ2n) is 3.31. The summed E-state index contributed by atoms with van der Waals surface area (Å²) in [5.41, 5.74) is 2.88. The van der Waals surface area contributed by atoms with Crippen LogP contribution in [-0.2, 0) is 11.2 Å². The van der Waals surface area contributed by atoms with Gasteiger partial charge in [-0.2, -0.15) is 0 Å². The van der Waals surface area contributed by atoms with Gasteiger partial charge in [0, 0.05) is 17.8 Å². The molecule has 0 aliphatic carbocycles. The number of anilines is 2. The van der Waals surface area contributed by atoms with Crippen LogP contribution < -0.4 is 10.6 Å². The molecule has 1 aliphatic rings. The van der Waals surface area contributed by atoms with Crippen molar-refractivity contribution in [3.63, 3.8) is 0 Å². The quantitative estimate of drug-likeness (QED) is 0.519. The lowest BCUT2D eigenvalue weighted by atomic mass is 10.0. The van der Waals surface area contributed by atoms with E-state index >= 15 is 0 Å².